The largest absolute Gasteiger partial charge is 0.497 e. The summed E-state index contributed by atoms with van der Waals surface area (Å²) in [5, 5.41) is 3.42. The summed E-state index contributed by atoms with van der Waals surface area (Å²) in [6, 6.07) is 14.2. The van der Waals surface area contributed by atoms with Gasteiger partial charge < -0.3 is 24.6 Å². The number of halogens is 1. The van der Waals surface area contributed by atoms with E-state index in [9.17, 15) is 9.59 Å². The molecule has 2 aromatic rings. The molecule has 0 aromatic heterocycles. The molecule has 0 aliphatic rings. The van der Waals surface area contributed by atoms with E-state index in [4.69, 9.17) is 21.1 Å². The fourth-order valence-electron chi connectivity index (χ4n) is 2.56. The molecule has 1 atom stereocenters. The number of likely N-dealkylation sites (N-methyl/N-ethyl adjacent to an activating group) is 2. The lowest BCUT2D eigenvalue weighted by atomic mass is 10.3. The summed E-state index contributed by atoms with van der Waals surface area (Å²) in [7, 11) is 5.09. The van der Waals surface area contributed by atoms with E-state index in [2.05, 4.69) is 5.32 Å². The third-order valence-electron chi connectivity index (χ3n) is 4.22. The molecule has 2 rings (SSSR count). The van der Waals surface area contributed by atoms with Crippen molar-refractivity contribution >= 4 is 29.1 Å². The summed E-state index contributed by atoms with van der Waals surface area (Å²) in [6.07, 6.45) is 0. The first-order valence-corrected chi connectivity index (χ1v) is 9.62. The number of benzene rings is 2. The molecule has 8 heteroatoms. The quantitative estimate of drug-likeness (QED) is 0.608. The van der Waals surface area contributed by atoms with Crippen molar-refractivity contribution < 1.29 is 24.0 Å². The Balaban J connectivity index is 1.71. The highest BCUT2D eigenvalue weighted by Crippen LogP contribution is 2.16. The van der Waals surface area contributed by atoms with Gasteiger partial charge in [0.1, 0.15) is 24.7 Å². The molecule has 156 valence electrons. The Bertz CT molecular complexity index is 814. The smallest absolute Gasteiger partial charge is 0.277 e. The normalized spacial score (nSPS) is 11.4. The minimum atomic E-state index is -0.266. The van der Waals surface area contributed by atoms with Gasteiger partial charge in [0.25, 0.3) is 5.91 Å². The minimum Gasteiger partial charge on any atom is -0.497 e. The molecule has 0 aliphatic carbocycles. The number of amides is 2. The molecular formula is C21H27ClN3O4+. The average molecular weight is 421 g/mol. The molecule has 2 N–H and O–H groups in total. The van der Waals surface area contributed by atoms with Crippen molar-refractivity contribution in [1.82, 2.24) is 4.90 Å². The SMILES string of the molecule is COc1cccc(NC(=O)CN(C)C(=O)C[NH+](C)CCOc2ccc(Cl)cc2)c1. The van der Waals surface area contributed by atoms with Gasteiger partial charge >= 0.3 is 0 Å². The van der Waals surface area contributed by atoms with Gasteiger partial charge in [-0.05, 0) is 36.4 Å². The average Bonchev–Trinajstić information content (AvgIpc) is 2.69. The maximum Gasteiger partial charge on any atom is 0.277 e. The van der Waals surface area contributed by atoms with Crippen molar-refractivity contribution in [3.8, 4) is 11.5 Å². The van der Waals surface area contributed by atoms with Crippen molar-refractivity contribution in [2.75, 3.05) is 52.8 Å². The molecule has 0 spiro atoms. The second kappa shape index (κ2) is 11.3. The summed E-state index contributed by atoms with van der Waals surface area (Å²) >= 11 is 5.84. The molecule has 0 heterocycles. The topological polar surface area (TPSA) is 72.3 Å². The number of carbonyl (C=O) groups is 2. The molecule has 7 nitrogen and oxygen atoms in total. The van der Waals surface area contributed by atoms with E-state index in [1.165, 1.54) is 4.90 Å². The fraction of sp³-hybridized carbons (Fsp3) is 0.333. The zero-order valence-electron chi connectivity index (χ0n) is 16.9. The highest BCUT2D eigenvalue weighted by atomic mass is 35.5. The Morgan fingerprint density at radius 1 is 1.14 bits per heavy atom. The highest BCUT2D eigenvalue weighted by Gasteiger charge is 2.17. The summed E-state index contributed by atoms with van der Waals surface area (Å²) in [5.41, 5.74) is 0.622. The number of rotatable bonds is 10. The Morgan fingerprint density at radius 2 is 1.86 bits per heavy atom. The van der Waals surface area contributed by atoms with Crippen LogP contribution in [0.2, 0.25) is 5.02 Å². The lowest BCUT2D eigenvalue weighted by molar-refractivity contribution is -0.871. The van der Waals surface area contributed by atoms with Crippen LogP contribution in [-0.2, 0) is 9.59 Å². The van der Waals surface area contributed by atoms with E-state index in [1.54, 1.807) is 62.7 Å². The Labute approximate surface area is 176 Å². The minimum absolute atomic E-state index is 0.0232. The van der Waals surface area contributed by atoms with E-state index in [0.717, 1.165) is 10.6 Å². The molecule has 0 saturated carbocycles. The molecule has 1 unspecified atom stereocenters. The molecule has 2 aromatic carbocycles. The summed E-state index contributed by atoms with van der Waals surface area (Å²) in [6.45, 7) is 1.37. The second-order valence-electron chi connectivity index (χ2n) is 6.72. The third kappa shape index (κ3) is 8.01. The monoisotopic (exact) mass is 420 g/mol. The number of quaternary nitrogens is 1. The molecular weight excluding hydrogens is 394 g/mol. The fourth-order valence-corrected chi connectivity index (χ4v) is 2.69. The third-order valence-corrected chi connectivity index (χ3v) is 4.48. The molecule has 0 radical (unpaired) electrons. The van der Waals surface area contributed by atoms with Gasteiger partial charge in [0.2, 0.25) is 5.91 Å². The van der Waals surface area contributed by atoms with Crippen LogP contribution in [-0.4, -0.2) is 64.2 Å². The maximum atomic E-state index is 12.4. The van der Waals surface area contributed by atoms with Gasteiger partial charge in [-0.25, -0.2) is 0 Å². The predicted octanol–water partition coefficient (Wildman–Crippen LogP) is 1.34. The number of ether oxygens (including phenoxy) is 2. The molecule has 29 heavy (non-hydrogen) atoms. The van der Waals surface area contributed by atoms with Crippen molar-refractivity contribution in [2.45, 2.75) is 0 Å². The van der Waals surface area contributed by atoms with Crippen LogP contribution in [0.25, 0.3) is 0 Å². The Kier molecular flexibility index (Phi) is 8.76. The zero-order chi connectivity index (χ0) is 21.2. The molecule has 0 saturated heterocycles. The molecule has 0 fully saturated rings. The van der Waals surface area contributed by atoms with Crippen LogP contribution in [0.1, 0.15) is 0 Å². The second-order valence-corrected chi connectivity index (χ2v) is 7.15. The number of nitrogens with one attached hydrogen (secondary N) is 2. The van der Waals surface area contributed by atoms with Gasteiger partial charge in [-0.2, -0.15) is 0 Å². The number of carbonyl (C=O) groups excluding carboxylic acids is 2. The first-order chi connectivity index (χ1) is 13.9. The van der Waals surface area contributed by atoms with Crippen molar-refractivity contribution in [1.29, 1.82) is 0 Å². The van der Waals surface area contributed by atoms with E-state index >= 15 is 0 Å². The van der Waals surface area contributed by atoms with Gasteiger partial charge in [-0.1, -0.05) is 17.7 Å². The summed E-state index contributed by atoms with van der Waals surface area (Å²) < 4.78 is 10.8. The van der Waals surface area contributed by atoms with Gasteiger partial charge in [0, 0.05) is 23.8 Å². The van der Waals surface area contributed by atoms with Crippen molar-refractivity contribution in [2.24, 2.45) is 0 Å². The van der Waals surface area contributed by atoms with E-state index in [1.807, 2.05) is 7.05 Å². The standard InChI is InChI=1S/C21H26ClN3O4/c1-24(11-12-29-18-9-7-16(22)8-10-18)15-21(27)25(2)14-20(26)23-17-5-4-6-19(13-17)28-3/h4-10,13H,11-12,14-15H2,1-3H3,(H,23,26)/p+1. The van der Waals surface area contributed by atoms with Crippen LogP contribution < -0.4 is 19.7 Å². The Morgan fingerprint density at radius 3 is 2.55 bits per heavy atom. The van der Waals surface area contributed by atoms with E-state index in [0.29, 0.717) is 29.6 Å². The van der Waals surface area contributed by atoms with Crippen LogP contribution in [0.5, 0.6) is 11.5 Å². The first-order valence-electron chi connectivity index (χ1n) is 9.25. The van der Waals surface area contributed by atoms with Crippen LogP contribution in [0.15, 0.2) is 48.5 Å². The van der Waals surface area contributed by atoms with Gasteiger partial charge in [0.05, 0.1) is 20.7 Å². The maximum absolute atomic E-state index is 12.4. The first kappa shape index (κ1) is 22.5. The van der Waals surface area contributed by atoms with Crippen LogP contribution in [0.4, 0.5) is 5.69 Å². The molecule has 0 aliphatic heterocycles. The lowest BCUT2D eigenvalue weighted by Gasteiger charge is -2.20. The zero-order valence-corrected chi connectivity index (χ0v) is 17.7. The number of hydrogen-bond donors (Lipinski definition) is 2. The van der Waals surface area contributed by atoms with Crippen LogP contribution in [0, 0.1) is 0 Å². The lowest BCUT2D eigenvalue weighted by Crippen LogP contribution is -3.10. The number of methoxy groups -OCH3 is 1. The molecule has 0 bridgehead atoms. The molecule has 2 amide bonds. The predicted molar refractivity (Wildman–Crippen MR) is 113 cm³/mol. The van der Waals surface area contributed by atoms with Crippen molar-refractivity contribution in [3.63, 3.8) is 0 Å². The Hall–Kier alpha value is -2.77. The highest BCUT2D eigenvalue weighted by molar-refractivity contribution is 6.30. The van der Waals surface area contributed by atoms with E-state index < -0.39 is 0 Å². The van der Waals surface area contributed by atoms with Gasteiger partial charge in [-0.15, -0.1) is 0 Å². The number of anilines is 1. The van der Waals surface area contributed by atoms with Crippen LogP contribution in [0.3, 0.4) is 0 Å². The summed E-state index contributed by atoms with van der Waals surface area (Å²) in [5.74, 6) is 1.01. The van der Waals surface area contributed by atoms with Crippen LogP contribution >= 0.6 is 11.6 Å². The van der Waals surface area contributed by atoms with E-state index in [-0.39, 0.29) is 24.9 Å². The number of nitrogens with zero attached hydrogens (tertiary/aromatic N) is 1. The van der Waals surface area contributed by atoms with Gasteiger partial charge in [-0.3, -0.25) is 9.59 Å². The van der Waals surface area contributed by atoms with Crippen molar-refractivity contribution in [3.05, 3.63) is 53.6 Å². The van der Waals surface area contributed by atoms with Gasteiger partial charge in [0.15, 0.2) is 6.54 Å². The number of hydrogen-bond acceptors (Lipinski definition) is 4. The summed E-state index contributed by atoms with van der Waals surface area (Å²) in [4.78, 5) is 27.0.